The third kappa shape index (κ3) is 9.26. The van der Waals surface area contributed by atoms with Gasteiger partial charge in [0.15, 0.2) is 0 Å². The van der Waals surface area contributed by atoms with E-state index in [9.17, 15) is 24.3 Å². The zero-order chi connectivity index (χ0) is 26.6. The van der Waals surface area contributed by atoms with Crippen LogP contribution in [0, 0.1) is 0 Å². The average Bonchev–Trinajstić information content (AvgIpc) is 2.86. The number of amides is 3. The molecular formula is C26H33N3O6S. The second-order valence-corrected chi connectivity index (χ2v) is 9.54. The number of ether oxygens (including phenoxy) is 1. The number of carboxylic acid groups (broad SMARTS) is 1. The summed E-state index contributed by atoms with van der Waals surface area (Å²) >= 11 is 1.47. The molecule has 0 aliphatic heterocycles. The normalized spacial score (nSPS) is 14.0. The van der Waals surface area contributed by atoms with Gasteiger partial charge in [-0.05, 0) is 43.4 Å². The zero-order valence-corrected chi connectivity index (χ0v) is 21.5. The van der Waals surface area contributed by atoms with Crippen LogP contribution in [-0.2, 0) is 32.1 Å². The van der Waals surface area contributed by atoms with E-state index in [0.29, 0.717) is 5.75 Å². The van der Waals surface area contributed by atoms with Crippen molar-refractivity contribution < 1.29 is 29.0 Å². The molecule has 0 aliphatic rings. The van der Waals surface area contributed by atoms with Gasteiger partial charge in [-0.3, -0.25) is 9.59 Å². The van der Waals surface area contributed by atoms with Crippen LogP contribution >= 0.6 is 11.8 Å². The number of rotatable bonds is 13. The Bertz CT molecular complexity index is 1020. The first-order valence-corrected chi connectivity index (χ1v) is 12.9. The molecular weight excluding hydrogens is 482 g/mol. The van der Waals surface area contributed by atoms with Crippen LogP contribution in [0.5, 0.6) is 0 Å². The molecule has 36 heavy (non-hydrogen) atoms. The van der Waals surface area contributed by atoms with Gasteiger partial charge >= 0.3 is 12.1 Å². The van der Waals surface area contributed by atoms with E-state index in [2.05, 4.69) is 16.0 Å². The highest BCUT2D eigenvalue weighted by Gasteiger charge is 2.37. The van der Waals surface area contributed by atoms with Crippen LogP contribution in [0.3, 0.4) is 0 Å². The van der Waals surface area contributed by atoms with E-state index >= 15 is 0 Å². The minimum atomic E-state index is -1.45. The van der Waals surface area contributed by atoms with Gasteiger partial charge in [-0.15, -0.1) is 0 Å². The van der Waals surface area contributed by atoms with Gasteiger partial charge < -0.3 is 25.8 Å². The van der Waals surface area contributed by atoms with Crippen molar-refractivity contribution in [3.05, 3.63) is 71.8 Å². The van der Waals surface area contributed by atoms with E-state index < -0.39 is 41.5 Å². The lowest BCUT2D eigenvalue weighted by Gasteiger charge is -2.31. The minimum absolute atomic E-state index is 0.0289. The largest absolute Gasteiger partial charge is 0.480 e. The van der Waals surface area contributed by atoms with Gasteiger partial charge in [0.2, 0.25) is 11.8 Å². The number of alkyl carbamates (subject to hydrolysis) is 1. The van der Waals surface area contributed by atoms with Gasteiger partial charge in [-0.25, -0.2) is 9.59 Å². The van der Waals surface area contributed by atoms with Crippen molar-refractivity contribution in [2.45, 2.75) is 50.9 Å². The van der Waals surface area contributed by atoms with Crippen molar-refractivity contribution >= 4 is 35.6 Å². The molecule has 0 radical (unpaired) electrons. The van der Waals surface area contributed by atoms with Crippen LogP contribution in [0.15, 0.2) is 60.7 Å². The Morgan fingerprint density at radius 1 is 0.972 bits per heavy atom. The molecule has 0 aromatic heterocycles. The summed E-state index contributed by atoms with van der Waals surface area (Å²) in [5.41, 5.74) is 0.134. The Morgan fingerprint density at radius 3 is 2.11 bits per heavy atom. The summed E-state index contributed by atoms with van der Waals surface area (Å²) in [6.07, 6.45) is 1.45. The van der Waals surface area contributed by atoms with Crippen molar-refractivity contribution in [2.75, 3.05) is 12.0 Å². The molecule has 2 aromatic carbocycles. The lowest BCUT2D eigenvalue weighted by molar-refractivity contribution is -0.142. The van der Waals surface area contributed by atoms with Crippen molar-refractivity contribution in [3.63, 3.8) is 0 Å². The number of benzene rings is 2. The molecule has 0 unspecified atom stereocenters. The van der Waals surface area contributed by atoms with Gasteiger partial charge in [0, 0.05) is 6.42 Å². The maximum Gasteiger partial charge on any atom is 0.408 e. The second kappa shape index (κ2) is 14.1. The van der Waals surface area contributed by atoms with Crippen LogP contribution in [-0.4, -0.2) is 58.6 Å². The molecule has 0 spiro atoms. The zero-order valence-electron chi connectivity index (χ0n) is 20.7. The molecule has 0 aliphatic carbocycles. The lowest BCUT2D eigenvalue weighted by Crippen LogP contribution is -2.61. The fraction of sp³-hybridized carbons (Fsp3) is 0.385. The summed E-state index contributed by atoms with van der Waals surface area (Å²) < 4.78 is 5.30. The molecule has 0 heterocycles. The van der Waals surface area contributed by atoms with E-state index in [4.69, 9.17) is 4.74 Å². The Hall–Kier alpha value is -3.53. The maximum atomic E-state index is 13.3. The fourth-order valence-electron chi connectivity index (χ4n) is 3.38. The highest BCUT2D eigenvalue weighted by atomic mass is 32.2. The number of nitrogens with one attached hydrogen (secondary N) is 3. The Labute approximate surface area is 215 Å². The molecule has 0 saturated carbocycles. The number of carboxylic acids is 1. The molecule has 0 saturated heterocycles. The van der Waals surface area contributed by atoms with E-state index in [1.807, 2.05) is 66.9 Å². The predicted octanol–water partition coefficient (Wildman–Crippen LogP) is 2.74. The van der Waals surface area contributed by atoms with Gasteiger partial charge in [0.1, 0.15) is 24.2 Å². The number of thioether (sulfide) groups is 1. The summed E-state index contributed by atoms with van der Waals surface area (Å²) in [7, 11) is 0. The van der Waals surface area contributed by atoms with Crippen LogP contribution < -0.4 is 16.0 Å². The van der Waals surface area contributed by atoms with Crippen LogP contribution in [0.2, 0.25) is 0 Å². The number of hydrogen-bond acceptors (Lipinski definition) is 6. The standard InChI is InChI=1S/C26H33N3O6S/c1-18(22(30)28-21(23(31)32)14-15-36-3)27-24(33)26(2,16-19-10-6-4-7-11-19)29-25(34)35-17-20-12-8-5-9-13-20/h4-13,18,21H,14-17H2,1-3H3,(H,27,33)(H,28,30)(H,29,34)(H,31,32)/t18-,21-,26-/m0/s1. The maximum absolute atomic E-state index is 13.3. The van der Waals surface area contributed by atoms with E-state index in [0.717, 1.165) is 11.1 Å². The van der Waals surface area contributed by atoms with Crippen molar-refractivity contribution in [2.24, 2.45) is 0 Å². The Kier molecular flexibility index (Phi) is 11.3. The van der Waals surface area contributed by atoms with Crippen molar-refractivity contribution in [3.8, 4) is 0 Å². The number of hydrogen-bond donors (Lipinski definition) is 4. The van der Waals surface area contributed by atoms with Crippen LogP contribution in [0.25, 0.3) is 0 Å². The van der Waals surface area contributed by atoms with Gasteiger partial charge in [-0.2, -0.15) is 11.8 Å². The molecule has 3 atom stereocenters. The molecule has 2 rings (SSSR count). The first kappa shape index (κ1) is 28.7. The summed E-state index contributed by atoms with van der Waals surface area (Å²) in [6, 6.07) is 16.1. The monoisotopic (exact) mass is 515 g/mol. The molecule has 0 bridgehead atoms. The smallest absolute Gasteiger partial charge is 0.408 e. The van der Waals surface area contributed by atoms with Gasteiger partial charge in [0.05, 0.1) is 0 Å². The molecule has 2 aromatic rings. The van der Waals surface area contributed by atoms with E-state index in [1.54, 1.807) is 6.92 Å². The molecule has 194 valence electrons. The quantitative estimate of drug-likeness (QED) is 0.322. The summed E-state index contributed by atoms with van der Waals surface area (Å²) in [5.74, 6) is -1.83. The van der Waals surface area contributed by atoms with Crippen molar-refractivity contribution in [1.29, 1.82) is 0 Å². The molecule has 0 fully saturated rings. The molecule has 3 amide bonds. The van der Waals surface area contributed by atoms with E-state index in [1.165, 1.54) is 18.7 Å². The van der Waals surface area contributed by atoms with Crippen LogP contribution in [0.1, 0.15) is 31.4 Å². The first-order valence-electron chi connectivity index (χ1n) is 11.5. The third-order valence-electron chi connectivity index (χ3n) is 5.46. The molecule has 10 heteroatoms. The van der Waals surface area contributed by atoms with E-state index in [-0.39, 0.29) is 19.4 Å². The lowest BCUT2D eigenvalue weighted by atomic mass is 9.91. The predicted molar refractivity (Wildman–Crippen MR) is 138 cm³/mol. The third-order valence-corrected chi connectivity index (χ3v) is 6.10. The fourth-order valence-corrected chi connectivity index (χ4v) is 3.85. The second-order valence-electron chi connectivity index (χ2n) is 8.56. The van der Waals surface area contributed by atoms with Gasteiger partial charge in [0.25, 0.3) is 0 Å². The SMILES string of the molecule is CSCC[C@H](NC(=O)[C@H](C)NC(=O)[C@](C)(Cc1ccccc1)NC(=O)OCc1ccccc1)C(=O)O. The highest BCUT2D eigenvalue weighted by molar-refractivity contribution is 7.98. The van der Waals surface area contributed by atoms with Crippen molar-refractivity contribution in [1.82, 2.24) is 16.0 Å². The molecule has 9 nitrogen and oxygen atoms in total. The summed E-state index contributed by atoms with van der Waals surface area (Å²) in [6.45, 7) is 3.03. The number of carbonyl (C=O) groups is 4. The first-order chi connectivity index (χ1) is 17.1. The number of carbonyl (C=O) groups excluding carboxylic acids is 3. The minimum Gasteiger partial charge on any atom is -0.480 e. The highest BCUT2D eigenvalue weighted by Crippen LogP contribution is 2.15. The summed E-state index contributed by atoms with van der Waals surface area (Å²) in [5, 5.41) is 17.1. The average molecular weight is 516 g/mol. The van der Waals surface area contributed by atoms with Gasteiger partial charge in [-0.1, -0.05) is 60.7 Å². The summed E-state index contributed by atoms with van der Waals surface area (Å²) in [4.78, 5) is 50.0. The Balaban J connectivity index is 2.10. The molecule has 4 N–H and O–H groups in total. The topological polar surface area (TPSA) is 134 Å². The van der Waals surface area contributed by atoms with Crippen LogP contribution in [0.4, 0.5) is 4.79 Å². The Morgan fingerprint density at radius 2 is 1.56 bits per heavy atom. The number of aliphatic carboxylic acids is 1.